The van der Waals surface area contributed by atoms with E-state index in [0.29, 0.717) is 0 Å². The maximum Gasteiger partial charge on any atom is 0.217 e. The van der Waals surface area contributed by atoms with Crippen molar-refractivity contribution in [1.29, 1.82) is 0 Å². The zero-order valence-electron chi connectivity index (χ0n) is 7.19. The molecule has 2 rings (SSSR count). The van der Waals surface area contributed by atoms with Crippen molar-refractivity contribution >= 4 is 12.6 Å². The Balaban J connectivity index is 0.000000336. The standard InChI is InChI=1S/C7H8N2O.CH4S/c1-6-5-7-9(8-6)3-2-4-10-7;1-2/h2,4-5H,3H2,1H3;2H,1H3. The van der Waals surface area contributed by atoms with E-state index in [1.165, 1.54) is 0 Å². The first-order valence-corrected chi connectivity index (χ1v) is 4.56. The lowest BCUT2D eigenvalue weighted by Crippen LogP contribution is -2.04. The van der Waals surface area contributed by atoms with Crippen molar-refractivity contribution in [1.82, 2.24) is 9.78 Å². The summed E-state index contributed by atoms with van der Waals surface area (Å²) >= 11 is 3.53. The summed E-state index contributed by atoms with van der Waals surface area (Å²) < 4.78 is 6.99. The number of aromatic nitrogens is 2. The molecule has 1 aromatic rings. The zero-order valence-corrected chi connectivity index (χ0v) is 8.08. The maximum absolute atomic E-state index is 5.16. The van der Waals surface area contributed by atoms with Crippen molar-refractivity contribution in [2.24, 2.45) is 0 Å². The number of thiol groups is 1. The Morgan fingerprint density at radius 3 is 3.00 bits per heavy atom. The Morgan fingerprint density at radius 2 is 2.33 bits per heavy atom. The van der Waals surface area contributed by atoms with Crippen LogP contribution in [0.15, 0.2) is 18.4 Å². The van der Waals surface area contributed by atoms with Gasteiger partial charge in [-0.3, -0.25) is 0 Å². The summed E-state index contributed by atoms with van der Waals surface area (Å²) in [5.74, 6) is 0.833. The molecular formula is C8H12N2OS. The molecular weight excluding hydrogens is 172 g/mol. The minimum Gasteiger partial charge on any atom is -0.447 e. The molecule has 0 saturated carbocycles. The molecule has 12 heavy (non-hydrogen) atoms. The van der Waals surface area contributed by atoms with Gasteiger partial charge in [-0.05, 0) is 19.3 Å². The average Bonchev–Trinajstić information content (AvgIpc) is 2.48. The van der Waals surface area contributed by atoms with Crippen LogP contribution in [0.4, 0.5) is 0 Å². The van der Waals surface area contributed by atoms with Crippen LogP contribution < -0.4 is 4.74 Å². The molecule has 0 spiro atoms. The smallest absolute Gasteiger partial charge is 0.217 e. The summed E-state index contributed by atoms with van der Waals surface area (Å²) in [4.78, 5) is 0. The Hall–Kier alpha value is -0.900. The van der Waals surface area contributed by atoms with E-state index < -0.39 is 0 Å². The van der Waals surface area contributed by atoms with E-state index in [4.69, 9.17) is 4.74 Å². The average molecular weight is 184 g/mol. The molecule has 1 aliphatic heterocycles. The fourth-order valence-corrected chi connectivity index (χ4v) is 1.01. The lowest BCUT2D eigenvalue weighted by Gasteiger charge is -2.06. The first kappa shape index (κ1) is 9.19. The van der Waals surface area contributed by atoms with Crippen LogP contribution in [0, 0.1) is 6.92 Å². The maximum atomic E-state index is 5.16. The predicted molar refractivity (Wildman–Crippen MR) is 51.6 cm³/mol. The molecule has 0 N–H and O–H groups in total. The second-order valence-corrected chi connectivity index (χ2v) is 2.30. The first-order chi connectivity index (χ1) is 5.86. The summed E-state index contributed by atoms with van der Waals surface area (Å²) in [7, 11) is 0. The molecule has 0 aromatic carbocycles. The topological polar surface area (TPSA) is 27.1 Å². The van der Waals surface area contributed by atoms with Crippen LogP contribution in [-0.2, 0) is 6.54 Å². The highest BCUT2D eigenvalue weighted by Crippen LogP contribution is 2.15. The van der Waals surface area contributed by atoms with E-state index in [-0.39, 0.29) is 0 Å². The Morgan fingerprint density at radius 1 is 1.58 bits per heavy atom. The van der Waals surface area contributed by atoms with E-state index in [1.54, 1.807) is 12.5 Å². The normalized spacial score (nSPS) is 12.6. The van der Waals surface area contributed by atoms with Crippen LogP contribution in [-0.4, -0.2) is 16.0 Å². The number of hydrogen-bond donors (Lipinski definition) is 1. The number of ether oxygens (including phenoxy) is 1. The van der Waals surface area contributed by atoms with Gasteiger partial charge < -0.3 is 4.74 Å². The molecule has 0 radical (unpaired) electrons. The molecule has 0 unspecified atom stereocenters. The number of hydrogen-bond acceptors (Lipinski definition) is 3. The van der Waals surface area contributed by atoms with Crippen LogP contribution in [0.2, 0.25) is 0 Å². The third-order valence-corrected chi connectivity index (χ3v) is 1.43. The van der Waals surface area contributed by atoms with Gasteiger partial charge in [0, 0.05) is 6.07 Å². The van der Waals surface area contributed by atoms with Crippen molar-refractivity contribution in [2.45, 2.75) is 13.5 Å². The minimum atomic E-state index is 0.823. The minimum absolute atomic E-state index is 0.823. The highest BCUT2D eigenvalue weighted by Gasteiger charge is 2.06. The third-order valence-electron chi connectivity index (χ3n) is 1.43. The molecule has 0 aliphatic carbocycles. The van der Waals surface area contributed by atoms with Crippen molar-refractivity contribution in [3.63, 3.8) is 0 Å². The van der Waals surface area contributed by atoms with Gasteiger partial charge >= 0.3 is 0 Å². The van der Waals surface area contributed by atoms with E-state index in [2.05, 4.69) is 17.7 Å². The monoisotopic (exact) mass is 184 g/mol. The van der Waals surface area contributed by atoms with Gasteiger partial charge in [0.15, 0.2) is 0 Å². The largest absolute Gasteiger partial charge is 0.447 e. The van der Waals surface area contributed by atoms with Crippen molar-refractivity contribution in [2.75, 3.05) is 6.26 Å². The molecule has 0 amide bonds. The summed E-state index contributed by atoms with van der Waals surface area (Å²) in [6.45, 7) is 2.78. The van der Waals surface area contributed by atoms with Gasteiger partial charge in [-0.1, -0.05) is 0 Å². The van der Waals surface area contributed by atoms with Crippen LogP contribution in [0.5, 0.6) is 5.88 Å². The molecule has 66 valence electrons. The third kappa shape index (κ3) is 1.82. The molecule has 0 atom stereocenters. The van der Waals surface area contributed by atoms with Crippen molar-refractivity contribution < 1.29 is 4.74 Å². The molecule has 1 aliphatic rings. The number of allylic oxidation sites excluding steroid dienone is 1. The van der Waals surface area contributed by atoms with Crippen LogP contribution in [0.1, 0.15) is 5.69 Å². The van der Waals surface area contributed by atoms with Gasteiger partial charge in [-0.15, -0.1) is 0 Å². The number of fused-ring (bicyclic) bond motifs is 1. The quantitative estimate of drug-likeness (QED) is 0.621. The Kier molecular flexibility index (Phi) is 3.22. The van der Waals surface area contributed by atoms with Gasteiger partial charge in [0.05, 0.1) is 18.5 Å². The molecule has 0 bridgehead atoms. The molecule has 0 saturated heterocycles. The van der Waals surface area contributed by atoms with E-state index in [0.717, 1.165) is 18.1 Å². The van der Waals surface area contributed by atoms with Gasteiger partial charge in [-0.2, -0.15) is 17.7 Å². The highest BCUT2D eigenvalue weighted by molar-refractivity contribution is 7.79. The SMILES string of the molecule is CS.Cc1cc2n(n1)CC=CO2. The molecule has 0 fully saturated rings. The summed E-state index contributed by atoms with van der Waals surface area (Å²) in [6, 6.07) is 1.92. The number of rotatable bonds is 0. The lowest BCUT2D eigenvalue weighted by molar-refractivity contribution is 0.396. The van der Waals surface area contributed by atoms with Crippen LogP contribution in [0.3, 0.4) is 0 Å². The predicted octanol–water partition coefficient (Wildman–Crippen LogP) is 1.64. The van der Waals surface area contributed by atoms with E-state index in [9.17, 15) is 0 Å². The summed E-state index contributed by atoms with van der Waals surface area (Å²) in [5.41, 5.74) is 0.999. The van der Waals surface area contributed by atoms with Gasteiger partial charge in [0.25, 0.3) is 0 Å². The van der Waals surface area contributed by atoms with Crippen molar-refractivity contribution in [3.05, 3.63) is 24.1 Å². The van der Waals surface area contributed by atoms with Crippen molar-refractivity contribution in [3.8, 4) is 5.88 Å². The summed E-state index contributed by atoms with van der Waals surface area (Å²) in [5, 5.41) is 4.19. The van der Waals surface area contributed by atoms with E-state index in [1.807, 2.05) is 23.7 Å². The molecule has 4 heteroatoms. The van der Waals surface area contributed by atoms with E-state index >= 15 is 0 Å². The lowest BCUT2D eigenvalue weighted by atomic mass is 10.5. The number of nitrogens with zero attached hydrogens (tertiary/aromatic N) is 2. The van der Waals surface area contributed by atoms with Gasteiger partial charge in [0.2, 0.25) is 5.88 Å². The molecule has 3 nitrogen and oxygen atoms in total. The Bertz CT molecular complexity index is 255. The second kappa shape index (κ2) is 4.21. The molecule has 1 aromatic heterocycles. The fourth-order valence-electron chi connectivity index (χ4n) is 1.01. The van der Waals surface area contributed by atoms with Gasteiger partial charge in [-0.25, -0.2) is 4.68 Å². The van der Waals surface area contributed by atoms with Crippen LogP contribution in [0.25, 0.3) is 0 Å². The van der Waals surface area contributed by atoms with Gasteiger partial charge in [0.1, 0.15) is 0 Å². The summed E-state index contributed by atoms with van der Waals surface area (Å²) in [6.07, 6.45) is 5.32. The number of aryl methyl sites for hydroxylation is 1. The Labute approximate surface area is 77.4 Å². The second-order valence-electron chi connectivity index (χ2n) is 2.30. The first-order valence-electron chi connectivity index (χ1n) is 3.67. The highest BCUT2D eigenvalue weighted by atomic mass is 32.1. The zero-order chi connectivity index (χ0) is 8.97. The fraction of sp³-hybridized carbons (Fsp3) is 0.375. The molecule has 2 heterocycles. The van der Waals surface area contributed by atoms with Crippen LogP contribution >= 0.6 is 12.6 Å².